The first kappa shape index (κ1) is 15.0. The summed E-state index contributed by atoms with van der Waals surface area (Å²) in [7, 11) is 0. The molecular weight excluding hydrogens is 320 g/mol. The van der Waals surface area contributed by atoms with Crippen LogP contribution in [-0.4, -0.2) is 25.1 Å². The van der Waals surface area contributed by atoms with E-state index in [4.69, 9.17) is 0 Å². The van der Waals surface area contributed by atoms with Gasteiger partial charge in [-0.1, -0.05) is 0 Å². The van der Waals surface area contributed by atoms with E-state index in [0.29, 0.717) is 6.54 Å². The summed E-state index contributed by atoms with van der Waals surface area (Å²) in [5, 5.41) is 11.8. The van der Waals surface area contributed by atoms with Gasteiger partial charge in [-0.05, 0) is 39.3 Å². The highest BCUT2D eigenvalue weighted by atomic mass is 32.1. The molecule has 0 fully saturated rings. The van der Waals surface area contributed by atoms with Crippen molar-refractivity contribution in [2.75, 3.05) is 5.32 Å². The van der Waals surface area contributed by atoms with Gasteiger partial charge >= 0.3 is 0 Å². The Morgan fingerprint density at radius 3 is 2.75 bits per heavy atom. The lowest BCUT2D eigenvalue weighted by atomic mass is 10.1. The Balaban J connectivity index is 1.80. The largest absolute Gasteiger partial charge is 0.365 e. The van der Waals surface area contributed by atoms with Crippen molar-refractivity contribution in [3.05, 3.63) is 40.6 Å². The maximum Gasteiger partial charge on any atom is 0.147 e. The predicted octanol–water partition coefficient (Wildman–Crippen LogP) is 3.81. The average molecular weight is 338 g/mol. The number of pyridine rings is 1. The number of hydrogen-bond acceptors (Lipinski definition) is 6. The van der Waals surface area contributed by atoms with E-state index in [1.54, 1.807) is 17.7 Å². The standard InChI is InChI=1S/C17H18N6S/c1-8-5-9(2)21-17-13(8)14-15(24-17)16(20-7-19-14)18-6-12-10(3)22-23-11(12)4/h5,7H,6H2,1-4H3,(H,22,23)(H,18,19,20). The monoisotopic (exact) mass is 338 g/mol. The van der Waals surface area contributed by atoms with Crippen LogP contribution < -0.4 is 5.32 Å². The number of anilines is 1. The molecule has 0 spiro atoms. The van der Waals surface area contributed by atoms with E-state index in [2.05, 4.69) is 43.5 Å². The quantitative estimate of drug-likeness (QED) is 0.594. The average Bonchev–Trinajstić information content (AvgIpc) is 3.06. The first-order valence-corrected chi connectivity index (χ1v) is 8.62. The highest BCUT2D eigenvalue weighted by Crippen LogP contribution is 2.36. The third-order valence-corrected chi connectivity index (χ3v) is 5.34. The third kappa shape index (κ3) is 2.32. The molecule has 0 saturated heterocycles. The number of nitrogens with one attached hydrogen (secondary N) is 2. The Labute approximate surface area is 143 Å². The molecule has 4 aromatic rings. The van der Waals surface area contributed by atoms with Gasteiger partial charge in [0.2, 0.25) is 0 Å². The summed E-state index contributed by atoms with van der Waals surface area (Å²) >= 11 is 1.64. The van der Waals surface area contributed by atoms with Gasteiger partial charge in [-0.15, -0.1) is 11.3 Å². The molecular formula is C17H18N6S. The molecule has 24 heavy (non-hydrogen) atoms. The lowest BCUT2D eigenvalue weighted by Gasteiger charge is -2.06. The van der Waals surface area contributed by atoms with Crippen LogP contribution in [0.15, 0.2) is 12.4 Å². The Kier molecular flexibility index (Phi) is 3.45. The maximum absolute atomic E-state index is 4.66. The van der Waals surface area contributed by atoms with Gasteiger partial charge in [-0.25, -0.2) is 15.0 Å². The summed E-state index contributed by atoms with van der Waals surface area (Å²) in [4.78, 5) is 14.6. The van der Waals surface area contributed by atoms with E-state index in [1.165, 1.54) is 11.1 Å². The second-order valence-corrected chi connectivity index (χ2v) is 7.03. The van der Waals surface area contributed by atoms with Gasteiger partial charge in [0.15, 0.2) is 0 Å². The minimum absolute atomic E-state index is 0.681. The van der Waals surface area contributed by atoms with Crippen LogP contribution >= 0.6 is 11.3 Å². The molecule has 0 saturated carbocycles. The SMILES string of the molecule is Cc1cc(C)c2c(n1)sc1c(NCc3c(C)n[nH]c3C)ncnc12. The van der Waals surface area contributed by atoms with Crippen molar-refractivity contribution in [3.8, 4) is 0 Å². The van der Waals surface area contributed by atoms with Crippen molar-refractivity contribution < 1.29 is 0 Å². The van der Waals surface area contributed by atoms with Crippen LogP contribution in [0.3, 0.4) is 0 Å². The molecule has 0 unspecified atom stereocenters. The lowest BCUT2D eigenvalue weighted by Crippen LogP contribution is -2.03. The number of aromatic nitrogens is 5. The van der Waals surface area contributed by atoms with Crippen molar-refractivity contribution in [3.63, 3.8) is 0 Å². The molecule has 0 radical (unpaired) electrons. The second-order valence-electron chi connectivity index (χ2n) is 6.03. The zero-order valence-corrected chi connectivity index (χ0v) is 14.9. The second kappa shape index (κ2) is 5.52. The Bertz CT molecular complexity index is 1040. The highest BCUT2D eigenvalue weighted by Gasteiger charge is 2.15. The number of aryl methyl sites for hydroxylation is 4. The molecule has 4 aromatic heterocycles. The fourth-order valence-electron chi connectivity index (χ4n) is 3.04. The molecule has 0 amide bonds. The summed E-state index contributed by atoms with van der Waals surface area (Å²) in [6.07, 6.45) is 1.62. The molecule has 6 nitrogen and oxygen atoms in total. The van der Waals surface area contributed by atoms with Crippen LogP contribution in [-0.2, 0) is 6.54 Å². The summed E-state index contributed by atoms with van der Waals surface area (Å²) in [5.74, 6) is 0.847. The fraction of sp³-hybridized carbons (Fsp3) is 0.294. The molecule has 0 aliphatic carbocycles. The number of fused-ring (bicyclic) bond motifs is 3. The van der Waals surface area contributed by atoms with Crippen molar-refractivity contribution >= 4 is 37.6 Å². The molecule has 0 aromatic carbocycles. The van der Waals surface area contributed by atoms with Crippen molar-refractivity contribution in [2.45, 2.75) is 34.2 Å². The first-order chi connectivity index (χ1) is 11.5. The molecule has 0 atom stereocenters. The van der Waals surface area contributed by atoms with E-state index >= 15 is 0 Å². The summed E-state index contributed by atoms with van der Waals surface area (Å²) in [5.41, 5.74) is 6.46. The molecule has 2 N–H and O–H groups in total. The van der Waals surface area contributed by atoms with E-state index < -0.39 is 0 Å². The van der Waals surface area contributed by atoms with Crippen molar-refractivity contribution in [1.29, 1.82) is 0 Å². The minimum atomic E-state index is 0.681. The molecule has 4 heterocycles. The van der Waals surface area contributed by atoms with E-state index in [0.717, 1.165) is 43.3 Å². The van der Waals surface area contributed by atoms with Crippen LogP contribution in [0.25, 0.3) is 20.4 Å². The zero-order valence-electron chi connectivity index (χ0n) is 14.1. The van der Waals surface area contributed by atoms with Gasteiger partial charge < -0.3 is 5.32 Å². The number of nitrogens with zero attached hydrogens (tertiary/aromatic N) is 4. The van der Waals surface area contributed by atoms with Crippen LogP contribution in [0.2, 0.25) is 0 Å². The summed E-state index contributed by atoms with van der Waals surface area (Å²) in [6.45, 7) is 8.84. The topological polar surface area (TPSA) is 79.4 Å². The van der Waals surface area contributed by atoms with Gasteiger partial charge in [0.25, 0.3) is 0 Å². The van der Waals surface area contributed by atoms with E-state index in [-0.39, 0.29) is 0 Å². The van der Waals surface area contributed by atoms with Crippen molar-refractivity contribution in [1.82, 2.24) is 25.1 Å². The maximum atomic E-state index is 4.66. The zero-order chi connectivity index (χ0) is 16.8. The number of H-pyrrole nitrogens is 1. The van der Waals surface area contributed by atoms with Gasteiger partial charge in [-0.3, -0.25) is 5.10 Å². The molecule has 0 aliphatic heterocycles. The number of rotatable bonds is 3. The number of hydrogen-bond donors (Lipinski definition) is 2. The van der Waals surface area contributed by atoms with Gasteiger partial charge in [0.05, 0.1) is 15.9 Å². The normalized spacial score (nSPS) is 11.5. The third-order valence-electron chi connectivity index (χ3n) is 4.26. The Hall–Kier alpha value is -2.54. The summed E-state index contributed by atoms with van der Waals surface area (Å²) in [6, 6.07) is 2.10. The Morgan fingerprint density at radius 1 is 1.17 bits per heavy atom. The Morgan fingerprint density at radius 2 is 2.00 bits per heavy atom. The van der Waals surface area contributed by atoms with Crippen LogP contribution in [0.4, 0.5) is 5.82 Å². The summed E-state index contributed by atoms with van der Waals surface area (Å²) < 4.78 is 1.05. The van der Waals surface area contributed by atoms with E-state index in [1.807, 2.05) is 20.8 Å². The highest BCUT2D eigenvalue weighted by molar-refractivity contribution is 7.26. The van der Waals surface area contributed by atoms with Crippen molar-refractivity contribution in [2.24, 2.45) is 0 Å². The molecule has 122 valence electrons. The molecule has 7 heteroatoms. The molecule has 0 aliphatic rings. The predicted molar refractivity (Wildman–Crippen MR) is 97.6 cm³/mol. The van der Waals surface area contributed by atoms with E-state index in [9.17, 15) is 0 Å². The van der Waals surface area contributed by atoms with Crippen LogP contribution in [0.5, 0.6) is 0 Å². The smallest absolute Gasteiger partial charge is 0.147 e. The minimum Gasteiger partial charge on any atom is -0.365 e. The van der Waals surface area contributed by atoms with Crippen LogP contribution in [0, 0.1) is 27.7 Å². The number of thiophene rings is 1. The van der Waals surface area contributed by atoms with Crippen LogP contribution in [0.1, 0.15) is 28.2 Å². The van der Waals surface area contributed by atoms with Gasteiger partial charge in [0, 0.05) is 28.9 Å². The molecule has 0 bridgehead atoms. The number of aromatic amines is 1. The fourth-order valence-corrected chi connectivity index (χ4v) is 4.26. The van der Waals surface area contributed by atoms with Gasteiger partial charge in [0.1, 0.15) is 17.0 Å². The molecule has 4 rings (SSSR count). The first-order valence-electron chi connectivity index (χ1n) is 7.80. The van der Waals surface area contributed by atoms with Gasteiger partial charge in [-0.2, -0.15) is 5.10 Å². The lowest BCUT2D eigenvalue weighted by molar-refractivity contribution is 1.02.